The first-order valence-electron chi connectivity index (χ1n) is 6.51. The van der Waals surface area contributed by atoms with Crippen LogP contribution in [0.3, 0.4) is 0 Å². The SMILES string of the molecule is COc1ccc(-c2nccc(Nc3ccccc3)n2)cn1. The van der Waals surface area contributed by atoms with Crippen LogP contribution in [0, 0.1) is 0 Å². The van der Waals surface area contributed by atoms with Crippen molar-refractivity contribution in [3.8, 4) is 17.3 Å². The van der Waals surface area contributed by atoms with Crippen LogP contribution < -0.4 is 10.1 Å². The highest BCUT2D eigenvalue weighted by atomic mass is 16.5. The van der Waals surface area contributed by atoms with Gasteiger partial charge in [0.1, 0.15) is 5.82 Å². The maximum absolute atomic E-state index is 5.04. The third kappa shape index (κ3) is 3.14. The number of benzene rings is 1. The number of methoxy groups -OCH3 is 1. The number of hydrogen-bond acceptors (Lipinski definition) is 5. The molecule has 1 aromatic carbocycles. The van der Waals surface area contributed by atoms with Gasteiger partial charge in [-0.1, -0.05) is 18.2 Å². The highest BCUT2D eigenvalue weighted by molar-refractivity contribution is 5.60. The van der Waals surface area contributed by atoms with Crippen molar-refractivity contribution in [2.45, 2.75) is 0 Å². The average Bonchev–Trinajstić information content (AvgIpc) is 2.56. The topological polar surface area (TPSA) is 59.9 Å². The zero-order valence-corrected chi connectivity index (χ0v) is 11.5. The van der Waals surface area contributed by atoms with Gasteiger partial charge in [-0.05, 0) is 24.3 Å². The Kier molecular flexibility index (Phi) is 3.73. The van der Waals surface area contributed by atoms with Gasteiger partial charge in [0.15, 0.2) is 5.82 Å². The van der Waals surface area contributed by atoms with Gasteiger partial charge in [0.25, 0.3) is 0 Å². The van der Waals surface area contributed by atoms with Gasteiger partial charge in [-0.25, -0.2) is 15.0 Å². The molecule has 2 heterocycles. The molecule has 0 aliphatic heterocycles. The highest BCUT2D eigenvalue weighted by Crippen LogP contribution is 2.19. The summed E-state index contributed by atoms with van der Waals surface area (Å²) in [5.74, 6) is 1.92. The number of aromatic nitrogens is 3. The minimum Gasteiger partial charge on any atom is -0.481 e. The van der Waals surface area contributed by atoms with Gasteiger partial charge in [-0.15, -0.1) is 0 Å². The van der Waals surface area contributed by atoms with Crippen molar-refractivity contribution in [1.82, 2.24) is 15.0 Å². The number of para-hydroxylation sites is 1. The van der Waals surface area contributed by atoms with Crippen LogP contribution in [0.5, 0.6) is 5.88 Å². The molecule has 0 radical (unpaired) electrons. The number of pyridine rings is 1. The van der Waals surface area contributed by atoms with E-state index in [2.05, 4.69) is 20.3 Å². The molecule has 0 fully saturated rings. The molecular formula is C16H14N4O. The summed E-state index contributed by atoms with van der Waals surface area (Å²) in [5.41, 5.74) is 1.82. The van der Waals surface area contributed by atoms with Gasteiger partial charge in [0, 0.05) is 29.7 Å². The molecule has 3 rings (SSSR count). The van der Waals surface area contributed by atoms with Crippen molar-refractivity contribution < 1.29 is 4.74 Å². The molecule has 5 nitrogen and oxygen atoms in total. The molecule has 21 heavy (non-hydrogen) atoms. The Labute approximate surface area is 122 Å². The molecule has 0 amide bonds. The fourth-order valence-electron chi connectivity index (χ4n) is 1.87. The van der Waals surface area contributed by atoms with E-state index in [1.165, 1.54) is 0 Å². The predicted octanol–water partition coefficient (Wildman–Crippen LogP) is 3.29. The third-order valence-corrected chi connectivity index (χ3v) is 2.91. The molecule has 0 unspecified atom stereocenters. The number of hydrogen-bond donors (Lipinski definition) is 1. The first-order valence-corrected chi connectivity index (χ1v) is 6.51. The molecule has 1 N–H and O–H groups in total. The summed E-state index contributed by atoms with van der Waals surface area (Å²) in [4.78, 5) is 12.9. The second-order valence-electron chi connectivity index (χ2n) is 4.35. The Morgan fingerprint density at radius 2 is 1.81 bits per heavy atom. The van der Waals surface area contributed by atoms with E-state index in [4.69, 9.17) is 4.74 Å². The second kappa shape index (κ2) is 6.00. The summed E-state index contributed by atoms with van der Waals surface area (Å²) in [6.45, 7) is 0. The number of nitrogens with zero attached hydrogens (tertiary/aromatic N) is 3. The standard InChI is InChI=1S/C16H14N4O/c1-21-15-8-7-12(11-18-15)16-17-10-9-14(20-16)19-13-5-3-2-4-6-13/h2-11H,1H3,(H,17,19,20). The Hall–Kier alpha value is -2.95. The Balaban J connectivity index is 1.85. The monoisotopic (exact) mass is 278 g/mol. The fourth-order valence-corrected chi connectivity index (χ4v) is 1.87. The highest BCUT2D eigenvalue weighted by Gasteiger charge is 2.04. The summed E-state index contributed by atoms with van der Waals surface area (Å²) in [6, 6.07) is 15.4. The Bertz CT molecular complexity index is 714. The minimum atomic E-state index is 0.567. The zero-order valence-electron chi connectivity index (χ0n) is 11.5. The molecule has 0 aliphatic carbocycles. The van der Waals surface area contributed by atoms with Gasteiger partial charge in [0.2, 0.25) is 5.88 Å². The van der Waals surface area contributed by atoms with Gasteiger partial charge < -0.3 is 10.1 Å². The van der Waals surface area contributed by atoms with Crippen molar-refractivity contribution in [3.63, 3.8) is 0 Å². The summed E-state index contributed by atoms with van der Waals surface area (Å²) in [5, 5.41) is 3.24. The van der Waals surface area contributed by atoms with E-state index in [1.54, 1.807) is 25.6 Å². The van der Waals surface area contributed by atoms with E-state index in [1.807, 2.05) is 42.5 Å². The molecule has 0 saturated heterocycles. The van der Waals surface area contributed by atoms with E-state index in [-0.39, 0.29) is 0 Å². The van der Waals surface area contributed by atoms with Crippen LogP contribution in [0.4, 0.5) is 11.5 Å². The predicted molar refractivity (Wildman–Crippen MR) is 81.5 cm³/mol. The summed E-state index contributed by atoms with van der Waals surface area (Å²) in [6.07, 6.45) is 3.41. The van der Waals surface area contributed by atoms with E-state index < -0.39 is 0 Å². The van der Waals surface area contributed by atoms with Gasteiger partial charge >= 0.3 is 0 Å². The van der Waals surface area contributed by atoms with Crippen molar-refractivity contribution in [3.05, 3.63) is 60.9 Å². The first-order chi connectivity index (χ1) is 10.3. The van der Waals surface area contributed by atoms with E-state index in [0.29, 0.717) is 11.7 Å². The number of anilines is 2. The maximum Gasteiger partial charge on any atom is 0.212 e. The van der Waals surface area contributed by atoms with Crippen molar-refractivity contribution in [2.24, 2.45) is 0 Å². The van der Waals surface area contributed by atoms with E-state index in [0.717, 1.165) is 17.1 Å². The zero-order chi connectivity index (χ0) is 14.5. The molecule has 0 spiro atoms. The molecule has 0 aliphatic rings. The maximum atomic E-state index is 5.04. The lowest BCUT2D eigenvalue weighted by Crippen LogP contribution is -1.97. The van der Waals surface area contributed by atoms with Crippen molar-refractivity contribution >= 4 is 11.5 Å². The van der Waals surface area contributed by atoms with Gasteiger partial charge in [-0.3, -0.25) is 0 Å². The number of ether oxygens (including phenoxy) is 1. The van der Waals surface area contributed by atoms with Crippen LogP contribution in [-0.2, 0) is 0 Å². The lowest BCUT2D eigenvalue weighted by Gasteiger charge is -2.07. The lowest BCUT2D eigenvalue weighted by atomic mass is 10.2. The van der Waals surface area contributed by atoms with Crippen molar-refractivity contribution in [1.29, 1.82) is 0 Å². The third-order valence-electron chi connectivity index (χ3n) is 2.91. The Morgan fingerprint density at radius 3 is 2.52 bits per heavy atom. The lowest BCUT2D eigenvalue weighted by molar-refractivity contribution is 0.398. The van der Waals surface area contributed by atoms with Crippen LogP contribution in [-0.4, -0.2) is 22.1 Å². The van der Waals surface area contributed by atoms with Gasteiger partial charge in [-0.2, -0.15) is 0 Å². The Morgan fingerprint density at radius 1 is 0.952 bits per heavy atom. The van der Waals surface area contributed by atoms with Gasteiger partial charge in [0.05, 0.1) is 7.11 Å². The van der Waals surface area contributed by atoms with Crippen molar-refractivity contribution in [2.75, 3.05) is 12.4 Å². The normalized spacial score (nSPS) is 10.1. The van der Waals surface area contributed by atoms with Crippen LogP contribution >= 0.6 is 0 Å². The van der Waals surface area contributed by atoms with E-state index >= 15 is 0 Å². The molecule has 104 valence electrons. The molecule has 0 bridgehead atoms. The van der Waals surface area contributed by atoms with Crippen LogP contribution in [0.2, 0.25) is 0 Å². The first kappa shape index (κ1) is 13.1. The molecule has 3 aromatic rings. The quantitative estimate of drug-likeness (QED) is 0.793. The van der Waals surface area contributed by atoms with Crippen LogP contribution in [0.25, 0.3) is 11.4 Å². The van der Waals surface area contributed by atoms with Crippen LogP contribution in [0.1, 0.15) is 0 Å². The molecule has 5 heteroatoms. The number of rotatable bonds is 4. The summed E-state index contributed by atoms with van der Waals surface area (Å²) >= 11 is 0. The summed E-state index contributed by atoms with van der Waals surface area (Å²) in [7, 11) is 1.59. The van der Waals surface area contributed by atoms with Crippen LogP contribution in [0.15, 0.2) is 60.9 Å². The molecule has 2 aromatic heterocycles. The molecular weight excluding hydrogens is 264 g/mol. The molecule has 0 saturated carbocycles. The number of nitrogens with one attached hydrogen (secondary N) is 1. The minimum absolute atomic E-state index is 0.567. The average molecular weight is 278 g/mol. The molecule has 0 atom stereocenters. The largest absolute Gasteiger partial charge is 0.481 e. The fraction of sp³-hybridized carbons (Fsp3) is 0.0625. The summed E-state index contributed by atoms with van der Waals surface area (Å²) < 4.78 is 5.04. The van der Waals surface area contributed by atoms with E-state index in [9.17, 15) is 0 Å². The second-order valence-corrected chi connectivity index (χ2v) is 4.35. The smallest absolute Gasteiger partial charge is 0.212 e.